The predicted octanol–water partition coefficient (Wildman–Crippen LogP) is 1.44. The maximum Gasteiger partial charge on any atom is 0.316 e. The average Bonchev–Trinajstić information content (AvgIpc) is 2.72. The number of carboxylic acids is 1. The minimum Gasteiger partial charge on any atom is -0.480 e. The maximum absolute atomic E-state index is 10.8. The van der Waals surface area contributed by atoms with Crippen molar-refractivity contribution in [2.75, 3.05) is 0 Å². The molecule has 0 spiro atoms. The largest absolute Gasteiger partial charge is 0.480 e. The van der Waals surface area contributed by atoms with E-state index < -0.39 is 11.2 Å². The van der Waals surface area contributed by atoms with E-state index in [1.165, 1.54) is 0 Å². The van der Waals surface area contributed by atoms with Gasteiger partial charge in [0.2, 0.25) is 0 Å². The second kappa shape index (κ2) is 5.18. The van der Waals surface area contributed by atoms with Crippen LogP contribution < -0.4 is 0 Å². The number of aliphatic carboxylic acids is 1. The summed E-state index contributed by atoms with van der Waals surface area (Å²) in [5.41, 5.74) is 0.849. The molecular formula is C11H12N4O2S. The molecule has 0 aliphatic rings. The van der Waals surface area contributed by atoms with Crippen LogP contribution in [0.2, 0.25) is 0 Å². The zero-order valence-corrected chi connectivity index (χ0v) is 10.8. The van der Waals surface area contributed by atoms with Crippen LogP contribution in [0.25, 0.3) is 11.4 Å². The fraction of sp³-hybridized carbons (Fsp3) is 0.273. The molecule has 94 valence electrons. The van der Waals surface area contributed by atoms with Gasteiger partial charge in [0, 0.05) is 25.0 Å². The fourth-order valence-corrected chi connectivity index (χ4v) is 2.12. The molecule has 0 aliphatic heterocycles. The lowest BCUT2D eigenvalue weighted by Gasteiger charge is -2.05. The van der Waals surface area contributed by atoms with Gasteiger partial charge in [-0.25, -0.2) is 0 Å². The van der Waals surface area contributed by atoms with Crippen LogP contribution >= 0.6 is 11.8 Å². The third-order valence-electron chi connectivity index (χ3n) is 2.38. The highest BCUT2D eigenvalue weighted by atomic mass is 32.2. The van der Waals surface area contributed by atoms with Gasteiger partial charge in [-0.15, -0.1) is 10.2 Å². The monoisotopic (exact) mass is 264 g/mol. The summed E-state index contributed by atoms with van der Waals surface area (Å²) in [5, 5.41) is 16.9. The molecule has 2 aromatic rings. The van der Waals surface area contributed by atoms with E-state index in [-0.39, 0.29) is 0 Å². The molecule has 0 fully saturated rings. The quantitative estimate of drug-likeness (QED) is 0.842. The summed E-state index contributed by atoms with van der Waals surface area (Å²) < 4.78 is 1.76. The van der Waals surface area contributed by atoms with E-state index >= 15 is 0 Å². The molecule has 1 N–H and O–H groups in total. The van der Waals surface area contributed by atoms with Crippen LogP contribution in [0.4, 0.5) is 0 Å². The third kappa shape index (κ3) is 2.51. The van der Waals surface area contributed by atoms with Crippen molar-refractivity contribution in [2.45, 2.75) is 17.3 Å². The first-order chi connectivity index (χ1) is 8.59. The van der Waals surface area contributed by atoms with E-state index in [1.807, 2.05) is 12.1 Å². The highest BCUT2D eigenvalue weighted by Crippen LogP contribution is 2.24. The Morgan fingerprint density at radius 2 is 2.28 bits per heavy atom. The Balaban J connectivity index is 2.27. The van der Waals surface area contributed by atoms with Crippen LogP contribution in [0, 0.1) is 0 Å². The van der Waals surface area contributed by atoms with Gasteiger partial charge in [0.05, 0.1) is 0 Å². The molecule has 18 heavy (non-hydrogen) atoms. The third-order valence-corrected chi connectivity index (χ3v) is 3.51. The number of rotatable bonds is 4. The number of pyridine rings is 1. The number of hydrogen-bond acceptors (Lipinski definition) is 5. The lowest BCUT2D eigenvalue weighted by Crippen LogP contribution is -2.12. The molecule has 0 aliphatic carbocycles. The van der Waals surface area contributed by atoms with Crippen molar-refractivity contribution in [1.82, 2.24) is 19.7 Å². The zero-order valence-electron chi connectivity index (χ0n) is 9.94. The first kappa shape index (κ1) is 12.6. The number of nitrogens with zero attached hydrogens (tertiary/aromatic N) is 4. The Labute approximate surface area is 108 Å². The predicted molar refractivity (Wildman–Crippen MR) is 67.2 cm³/mol. The smallest absolute Gasteiger partial charge is 0.316 e. The molecule has 6 nitrogen and oxygen atoms in total. The molecular weight excluding hydrogens is 252 g/mol. The van der Waals surface area contributed by atoms with Crippen molar-refractivity contribution in [3.05, 3.63) is 24.5 Å². The maximum atomic E-state index is 10.8. The van der Waals surface area contributed by atoms with Crippen molar-refractivity contribution in [3.8, 4) is 11.4 Å². The van der Waals surface area contributed by atoms with Crippen LogP contribution in [0.5, 0.6) is 0 Å². The van der Waals surface area contributed by atoms with Gasteiger partial charge in [0.25, 0.3) is 0 Å². The van der Waals surface area contributed by atoms with E-state index in [0.717, 1.165) is 17.3 Å². The van der Waals surface area contributed by atoms with Crippen molar-refractivity contribution in [2.24, 2.45) is 7.05 Å². The zero-order chi connectivity index (χ0) is 13.1. The second-order valence-corrected chi connectivity index (χ2v) is 5.01. The normalized spacial score (nSPS) is 12.3. The summed E-state index contributed by atoms with van der Waals surface area (Å²) in [6.07, 6.45) is 3.38. The SMILES string of the molecule is C[C@@H](Sc1nnc(-c2cccnc2)n1C)C(=O)O. The van der Waals surface area contributed by atoms with Crippen LogP contribution in [0.3, 0.4) is 0 Å². The average molecular weight is 264 g/mol. The van der Waals surface area contributed by atoms with Gasteiger partial charge >= 0.3 is 5.97 Å². The van der Waals surface area contributed by atoms with Crippen molar-refractivity contribution >= 4 is 17.7 Å². The Bertz CT molecular complexity index is 555. The summed E-state index contributed by atoms with van der Waals surface area (Å²) >= 11 is 1.16. The van der Waals surface area contributed by atoms with E-state index in [4.69, 9.17) is 5.11 Å². The molecule has 2 aromatic heterocycles. The number of carbonyl (C=O) groups is 1. The van der Waals surface area contributed by atoms with Gasteiger partial charge in [-0.05, 0) is 19.1 Å². The molecule has 0 saturated heterocycles. The summed E-state index contributed by atoms with van der Waals surface area (Å²) in [6.45, 7) is 1.62. The van der Waals surface area contributed by atoms with Gasteiger partial charge in [-0.2, -0.15) is 0 Å². The first-order valence-corrected chi connectivity index (χ1v) is 6.17. The number of hydrogen-bond donors (Lipinski definition) is 1. The topological polar surface area (TPSA) is 80.9 Å². The molecule has 7 heteroatoms. The summed E-state index contributed by atoms with van der Waals surface area (Å²) in [7, 11) is 1.80. The molecule has 2 rings (SSSR count). The molecule has 0 amide bonds. The summed E-state index contributed by atoms with van der Waals surface area (Å²) in [6, 6.07) is 3.70. The van der Waals surface area contributed by atoms with Crippen molar-refractivity contribution in [1.29, 1.82) is 0 Å². The second-order valence-electron chi connectivity index (χ2n) is 3.71. The van der Waals surface area contributed by atoms with Gasteiger partial charge in [0.15, 0.2) is 11.0 Å². The van der Waals surface area contributed by atoms with E-state index in [0.29, 0.717) is 11.0 Å². The molecule has 0 radical (unpaired) electrons. The number of thioether (sulfide) groups is 1. The standard InChI is InChI=1S/C11H12N4O2S/c1-7(10(16)17)18-11-14-13-9(15(11)2)8-4-3-5-12-6-8/h3-7H,1-2H3,(H,16,17)/t7-/m1/s1. The molecule has 2 heterocycles. The molecule has 0 bridgehead atoms. The molecule has 1 atom stereocenters. The molecule has 0 unspecified atom stereocenters. The first-order valence-electron chi connectivity index (χ1n) is 5.29. The number of carboxylic acid groups (broad SMARTS) is 1. The Kier molecular flexibility index (Phi) is 3.61. The van der Waals surface area contributed by atoms with Crippen LogP contribution in [-0.4, -0.2) is 36.1 Å². The highest BCUT2D eigenvalue weighted by molar-refractivity contribution is 8.00. The van der Waals surface area contributed by atoms with Gasteiger partial charge in [0.1, 0.15) is 5.25 Å². The van der Waals surface area contributed by atoms with E-state index in [2.05, 4.69) is 15.2 Å². The lowest BCUT2D eigenvalue weighted by atomic mass is 10.3. The van der Waals surface area contributed by atoms with Crippen LogP contribution in [-0.2, 0) is 11.8 Å². The Morgan fingerprint density at radius 3 is 2.89 bits per heavy atom. The summed E-state index contributed by atoms with van der Waals surface area (Å²) in [4.78, 5) is 14.8. The number of aromatic nitrogens is 4. The van der Waals surface area contributed by atoms with E-state index in [1.54, 1.807) is 30.9 Å². The van der Waals surface area contributed by atoms with E-state index in [9.17, 15) is 4.79 Å². The lowest BCUT2D eigenvalue weighted by molar-refractivity contribution is -0.136. The molecule has 0 saturated carbocycles. The van der Waals surface area contributed by atoms with Crippen molar-refractivity contribution < 1.29 is 9.90 Å². The van der Waals surface area contributed by atoms with Gasteiger partial charge in [-0.1, -0.05) is 11.8 Å². The minimum absolute atomic E-state index is 0.561. The van der Waals surface area contributed by atoms with Crippen LogP contribution in [0.15, 0.2) is 29.7 Å². The Morgan fingerprint density at radius 1 is 1.50 bits per heavy atom. The van der Waals surface area contributed by atoms with Crippen molar-refractivity contribution in [3.63, 3.8) is 0 Å². The van der Waals surface area contributed by atoms with Gasteiger partial charge < -0.3 is 9.67 Å². The highest BCUT2D eigenvalue weighted by Gasteiger charge is 2.18. The minimum atomic E-state index is -0.870. The molecule has 0 aromatic carbocycles. The fourth-order valence-electron chi connectivity index (χ4n) is 1.37. The van der Waals surface area contributed by atoms with Gasteiger partial charge in [-0.3, -0.25) is 9.78 Å². The summed E-state index contributed by atoms with van der Waals surface area (Å²) in [5.74, 6) is -0.200. The Hall–Kier alpha value is -1.89. The van der Waals surface area contributed by atoms with Crippen LogP contribution in [0.1, 0.15) is 6.92 Å².